The minimum Gasteiger partial charge on any atom is -0.311 e. The van der Waals surface area contributed by atoms with Crippen molar-refractivity contribution in [3.8, 4) is 0 Å². The van der Waals surface area contributed by atoms with E-state index in [9.17, 15) is 0 Å². The Morgan fingerprint density at radius 1 is 0.833 bits per heavy atom. The van der Waals surface area contributed by atoms with E-state index in [2.05, 4.69) is 23.3 Å². The molecule has 102 valence electrons. The van der Waals surface area contributed by atoms with Crippen molar-refractivity contribution < 1.29 is 0 Å². The molecule has 18 heavy (non-hydrogen) atoms. The maximum atomic E-state index is 4.11. The Bertz CT molecular complexity index is 288. The van der Waals surface area contributed by atoms with Gasteiger partial charge in [-0.2, -0.15) is 11.8 Å². The molecule has 2 heteroatoms. The van der Waals surface area contributed by atoms with E-state index in [4.69, 9.17) is 0 Å². The maximum Gasteiger partial charge on any atom is 0.0127 e. The fourth-order valence-electron chi connectivity index (χ4n) is 5.78. The predicted octanol–water partition coefficient (Wildman–Crippen LogP) is 3.68. The van der Waals surface area contributed by atoms with Crippen molar-refractivity contribution in [1.82, 2.24) is 5.32 Å². The van der Waals surface area contributed by atoms with Crippen LogP contribution in [-0.4, -0.2) is 23.6 Å². The molecule has 0 heterocycles. The maximum absolute atomic E-state index is 4.11. The van der Waals surface area contributed by atoms with Crippen molar-refractivity contribution in [2.24, 2.45) is 23.7 Å². The summed E-state index contributed by atoms with van der Waals surface area (Å²) in [5.74, 6) is 4.34. The Balaban J connectivity index is 1.40. The molecule has 5 rings (SSSR count). The molecule has 0 saturated heterocycles. The van der Waals surface area contributed by atoms with Gasteiger partial charge in [0.25, 0.3) is 0 Å². The lowest BCUT2D eigenvalue weighted by atomic mass is 9.54. The van der Waals surface area contributed by atoms with Crippen molar-refractivity contribution in [2.45, 2.75) is 68.7 Å². The number of rotatable bonds is 3. The highest BCUT2D eigenvalue weighted by atomic mass is 32.2. The van der Waals surface area contributed by atoms with Crippen LogP contribution in [0.25, 0.3) is 0 Å². The van der Waals surface area contributed by atoms with Crippen molar-refractivity contribution in [1.29, 1.82) is 0 Å². The van der Waals surface area contributed by atoms with Gasteiger partial charge < -0.3 is 5.32 Å². The van der Waals surface area contributed by atoms with E-state index in [0.29, 0.717) is 0 Å². The van der Waals surface area contributed by atoms with Crippen LogP contribution in [0.5, 0.6) is 0 Å². The van der Waals surface area contributed by atoms with Gasteiger partial charge in [0.2, 0.25) is 0 Å². The summed E-state index contributed by atoms with van der Waals surface area (Å²) < 4.78 is 0. The molecule has 0 aromatic rings. The molecule has 1 N–H and O–H groups in total. The largest absolute Gasteiger partial charge is 0.311 e. The van der Waals surface area contributed by atoms with E-state index in [-0.39, 0.29) is 0 Å². The van der Waals surface area contributed by atoms with Crippen molar-refractivity contribution in [3.05, 3.63) is 0 Å². The topological polar surface area (TPSA) is 12.0 Å². The van der Waals surface area contributed by atoms with Gasteiger partial charge in [-0.3, -0.25) is 0 Å². The first kappa shape index (κ1) is 12.1. The second-order valence-electron chi connectivity index (χ2n) is 7.49. The van der Waals surface area contributed by atoms with Crippen molar-refractivity contribution in [2.75, 3.05) is 6.26 Å². The van der Waals surface area contributed by atoms with E-state index < -0.39 is 0 Å². The first-order valence-electron chi connectivity index (χ1n) is 8.10. The van der Waals surface area contributed by atoms with Crippen LogP contribution in [-0.2, 0) is 0 Å². The van der Waals surface area contributed by atoms with Crippen LogP contribution in [0.4, 0.5) is 0 Å². The van der Waals surface area contributed by atoms with Gasteiger partial charge in [0.05, 0.1) is 0 Å². The highest BCUT2D eigenvalue weighted by Gasteiger charge is 2.48. The monoisotopic (exact) mass is 265 g/mol. The van der Waals surface area contributed by atoms with Crippen LogP contribution >= 0.6 is 11.8 Å². The minimum absolute atomic E-state index is 0.852. The van der Waals surface area contributed by atoms with Crippen LogP contribution in [0.15, 0.2) is 0 Å². The van der Waals surface area contributed by atoms with E-state index in [0.717, 1.165) is 41.0 Å². The fraction of sp³-hybridized carbons (Fsp3) is 1.00. The Morgan fingerprint density at radius 3 is 2.06 bits per heavy atom. The third kappa shape index (κ3) is 2.04. The molecule has 0 spiro atoms. The zero-order valence-corrected chi connectivity index (χ0v) is 12.4. The molecule has 5 saturated carbocycles. The smallest absolute Gasteiger partial charge is 0.0127 e. The molecular formula is C16H27NS. The Hall–Kier alpha value is 0.310. The average Bonchev–Trinajstić information content (AvgIpc) is 2.80. The first-order valence-corrected chi connectivity index (χ1v) is 9.39. The number of hydrogen-bond acceptors (Lipinski definition) is 2. The van der Waals surface area contributed by atoms with Crippen LogP contribution in [0.1, 0.15) is 51.4 Å². The number of thioether (sulfide) groups is 1. The molecule has 5 fully saturated rings. The highest BCUT2D eigenvalue weighted by Crippen LogP contribution is 2.54. The van der Waals surface area contributed by atoms with Gasteiger partial charge in [-0.25, -0.2) is 0 Å². The van der Waals surface area contributed by atoms with Gasteiger partial charge in [-0.05, 0) is 81.3 Å². The molecule has 0 radical (unpaired) electrons. The van der Waals surface area contributed by atoms with Gasteiger partial charge in [-0.1, -0.05) is 0 Å². The third-order valence-electron chi connectivity index (χ3n) is 6.37. The average molecular weight is 265 g/mol. The quantitative estimate of drug-likeness (QED) is 0.835. The van der Waals surface area contributed by atoms with E-state index in [1.54, 1.807) is 32.1 Å². The Kier molecular flexibility index (Phi) is 3.15. The van der Waals surface area contributed by atoms with E-state index in [1.165, 1.54) is 19.3 Å². The molecule has 2 unspecified atom stereocenters. The summed E-state index contributed by atoms with van der Waals surface area (Å²) in [5.41, 5.74) is 0. The molecule has 0 aliphatic heterocycles. The summed E-state index contributed by atoms with van der Waals surface area (Å²) in [7, 11) is 0. The van der Waals surface area contributed by atoms with Crippen molar-refractivity contribution in [3.63, 3.8) is 0 Å². The summed E-state index contributed by atoms with van der Waals surface area (Å²) in [6.07, 6.45) is 14.4. The van der Waals surface area contributed by atoms with Gasteiger partial charge in [0.1, 0.15) is 0 Å². The van der Waals surface area contributed by atoms with Crippen molar-refractivity contribution >= 4 is 11.8 Å². The predicted molar refractivity (Wildman–Crippen MR) is 78.9 cm³/mol. The normalized spacial score (nSPS) is 54.2. The van der Waals surface area contributed by atoms with Crippen LogP contribution in [0.2, 0.25) is 0 Å². The standard InChI is InChI=1S/C16H27NS/c1-18-15-3-2-14(9-15)17-16-12-5-10-4-11(7-12)8-13(16)6-10/h10-17H,2-9H2,1H3. The zero-order chi connectivity index (χ0) is 12.1. The minimum atomic E-state index is 0.852. The van der Waals surface area contributed by atoms with Crippen LogP contribution < -0.4 is 5.32 Å². The molecule has 1 nitrogen and oxygen atoms in total. The summed E-state index contributed by atoms with van der Waals surface area (Å²) in [5, 5.41) is 5.06. The SMILES string of the molecule is CSC1CCC(NC2C3CC4CC(C3)CC2C4)C1. The van der Waals surface area contributed by atoms with E-state index in [1.807, 2.05) is 0 Å². The zero-order valence-electron chi connectivity index (χ0n) is 11.6. The van der Waals surface area contributed by atoms with Gasteiger partial charge >= 0.3 is 0 Å². The molecule has 0 aromatic carbocycles. The fourth-order valence-corrected chi connectivity index (χ4v) is 6.57. The summed E-state index contributed by atoms with van der Waals surface area (Å²) >= 11 is 2.09. The van der Waals surface area contributed by atoms with Gasteiger partial charge in [0.15, 0.2) is 0 Å². The summed E-state index contributed by atoms with van der Waals surface area (Å²) in [4.78, 5) is 0. The van der Waals surface area contributed by atoms with Gasteiger partial charge in [-0.15, -0.1) is 0 Å². The Labute approximate surface area is 116 Å². The lowest BCUT2D eigenvalue weighted by Gasteiger charge is -2.55. The third-order valence-corrected chi connectivity index (χ3v) is 7.47. The molecule has 2 atom stereocenters. The molecule has 0 amide bonds. The number of hydrogen-bond donors (Lipinski definition) is 1. The molecule has 5 aliphatic rings. The van der Waals surface area contributed by atoms with Gasteiger partial charge in [0, 0.05) is 17.3 Å². The van der Waals surface area contributed by atoms with Crippen LogP contribution in [0, 0.1) is 23.7 Å². The molecule has 5 aliphatic carbocycles. The summed E-state index contributed by atoms with van der Waals surface area (Å²) in [6.45, 7) is 0. The second-order valence-corrected chi connectivity index (χ2v) is 8.63. The van der Waals surface area contributed by atoms with Crippen LogP contribution in [0.3, 0.4) is 0 Å². The molecular weight excluding hydrogens is 238 g/mol. The number of nitrogens with one attached hydrogen (secondary N) is 1. The molecule has 4 bridgehead atoms. The lowest BCUT2D eigenvalue weighted by Crippen LogP contribution is -2.56. The Morgan fingerprint density at radius 2 is 1.50 bits per heavy atom. The first-order chi connectivity index (χ1) is 8.81. The lowest BCUT2D eigenvalue weighted by molar-refractivity contribution is -0.0174. The second kappa shape index (κ2) is 4.70. The highest BCUT2D eigenvalue weighted by molar-refractivity contribution is 7.99. The van der Waals surface area contributed by atoms with E-state index >= 15 is 0 Å². The molecule has 0 aromatic heterocycles. The summed E-state index contributed by atoms with van der Waals surface area (Å²) in [6, 6.07) is 1.76.